The summed E-state index contributed by atoms with van der Waals surface area (Å²) in [5.41, 5.74) is 0.911. The predicted molar refractivity (Wildman–Crippen MR) is 211 cm³/mol. The lowest BCUT2D eigenvalue weighted by Crippen LogP contribution is -2.44. The highest BCUT2D eigenvalue weighted by atomic mass is 19.4. The summed E-state index contributed by atoms with van der Waals surface area (Å²) in [4.78, 5) is 57.5. The largest absolute Gasteiger partial charge is 0.437 e. The smallest absolute Gasteiger partial charge is 0.378 e. The molecule has 2 aliphatic heterocycles. The second kappa shape index (κ2) is 16.6. The molecule has 1 saturated carbocycles. The van der Waals surface area contributed by atoms with E-state index in [1.807, 2.05) is 18.2 Å². The Bertz CT molecular complexity index is 2420. The molecule has 3 fully saturated rings. The summed E-state index contributed by atoms with van der Waals surface area (Å²) < 4.78 is 54.5. The maximum Gasteiger partial charge on any atom is 0.437 e. The summed E-state index contributed by atoms with van der Waals surface area (Å²) in [5, 5.41) is 15.7. The number of aryl methyl sites for hydroxylation is 2. The number of carbonyl (C=O) groups excluding carboxylic acids is 3. The Hall–Kier alpha value is -5.56. The van der Waals surface area contributed by atoms with Crippen LogP contribution in [0.1, 0.15) is 91.5 Å². The van der Waals surface area contributed by atoms with Gasteiger partial charge in [-0.05, 0) is 81.4 Å². The first kappa shape index (κ1) is 40.2. The van der Waals surface area contributed by atoms with Crippen molar-refractivity contribution in [2.24, 2.45) is 13.0 Å². The van der Waals surface area contributed by atoms with Crippen LogP contribution in [0, 0.1) is 5.92 Å². The number of fused-ring (bicyclic) bond motifs is 2. The summed E-state index contributed by atoms with van der Waals surface area (Å²) in [5.74, 6) is -0.622. The van der Waals surface area contributed by atoms with Crippen LogP contribution in [0.2, 0.25) is 0 Å². The lowest BCUT2D eigenvalue weighted by molar-refractivity contribution is -0.141. The van der Waals surface area contributed by atoms with Crippen molar-refractivity contribution in [3.8, 4) is 0 Å². The van der Waals surface area contributed by atoms with E-state index in [9.17, 15) is 32.3 Å². The molecule has 19 heteroatoms. The molecule has 4 aromatic heterocycles. The van der Waals surface area contributed by atoms with Crippen molar-refractivity contribution in [3.05, 3.63) is 70.2 Å². The molecule has 2 saturated heterocycles. The molecule has 314 valence electrons. The van der Waals surface area contributed by atoms with Gasteiger partial charge in [0, 0.05) is 59.2 Å². The van der Waals surface area contributed by atoms with Crippen molar-refractivity contribution in [1.82, 2.24) is 43.7 Å². The zero-order valence-corrected chi connectivity index (χ0v) is 33.0. The zero-order chi connectivity index (χ0) is 41.4. The van der Waals surface area contributed by atoms with E-state index in [0.717, 1.165) is 62.8 Å². The Morgan fingerprint density at radius 3 is 2.54 bits per heavy atom. The van der Waals surface area contributed by atoms with Gasteiger partial charge in [-0.15, -0.1) is 0 Å². The Morgan fingerprint density at radius 2 is 1.81 bits per heavy atom. The fourth-order valence-corrected chi connectivity index (χ4v) is 8.92. The summed E-state index contributed by atoms with van der Waals surface area (Å²) in [7, 11) is 3.38. The number of aromatic nitrogens is 7. The molecule has 3 N–H and O–H groups in total. The number of ether oxygens (including phenoxy) is 1. The number of amides is 3. The summed E-state index contributed by atoms with van der Waals surface area (Å²) >= 11 is 0. The fraction of sp³-hybridized carbons (Fsp3) is 0.525. The molecule has 3 aliphatic rings. The van der Waals surface area contributed by atoms with Gasteiger partial charge in [-0.3, -0.25) is 33.5 Å². The van der Waals surface area contributed by atoms with Crippen LogP contribution < -0.4 is 21.6 Å². The molecule has 6 heterocycles. The number of hydrogen-bond donors (Lipinski definition) is 3. The standard InChI is InChI=1S/C40H48F3N11O5/c1-44-32-16-19-52-36(47-32)28(21-45-52)37(56)46-29-23-53(49-35(29)40(41,42)43)26-10-8-24(9-11-26)22-51-17-14-27(15-18-51)59-20-4-6-25-5-3-7-30-34(25)50(2)39(58)54(30)31-12-13-33(55)48-38(31)57/h3,5,7,16,19,21,23-24,26-27,31H,4,6,8-15,17-18,20,22H2,1-2H3,(H,44,47)(H,46,56)(H,48,55,57)/t24-,26-,31?. The quantitative estimate of drug-likeness (QED) is 0.118. The van der Waals surface area contributed by atoms with E-state index in [1.165, 1.54) is 26.2 Å². The number of carbonyl (C=O) groups is 3. The molecular weight excluding hydrogens is 772 g/mol. The van der Waals surface area contributed by atoms with E-state index in [4.69, 9.17) is 4.74 Å². The molecule has 1 atom stereocenters. The number of piperidine rings is 2. The Balaban J connectivity index is 0.794. The monoisotopic (exact) mass is 819 g/mol. The van der Waals surface area contributed by atoms with Crippen LogP contribution in [0.5, 0.6) is 0 Å². The third-order valence-electron chi connectivity index (χ3n) is 12.0. The van der Waals surface area contributed by atoms with Gasteiger partial charge in [-0.25, -0.2) is 14.3 Å². The van der Waals surface area contributed by atoms with E-state index in [2.05, 4.69) is 36.0 Å². The van der Waals surface area contributed by atoms with Crippen LogP contribution >= 0.6 is 0 Å². The highest BCUT2D eigenvalue weighted by Crippen LogP contribution is 2.38. The predicted octanol–water partition coefficient (Wildman–Crippen LogP) is 4.71. The number of alkyl halides is 3. The van der Waals surface area contributed by atoms with Gasteiger partial charge in [0.25, 0.3) is 5.91 Å². The van der Waals surface area contributed by atoms with Crippen LogP contribution in [0.25, 0.3) is 16.7 Å². The minimum atomic E-state index is -4.76. The molecule has 8 rings (SSSR count). The van der Waals surface area contributed by atoms with E-state index in [0.29, 0.717) is 43.1 Å². The van der Waals surface area contributed by atoms with E-state index >= 15 is 0 Å². The lowest BCUT2D eigenvalue weighted by Gasteiger charge is -2.36. The molecule has 59 heavy (non-hydrogen) atoms. The number of rotatable bonds is 12. The number of benzene rings is 1. The number of imidazole rings is 1. The Kier molecular flexibility index (Phi) is 11.3. The molecule has 1 aliphatic carbocycles. The molecule has 0 bridgehead atoms. The number of imide groups is 1. The second-order valence-electron chi connectivity index (χ2n) is 15.8. The number of anilines is 2. The first-order valence-corrected chi connectivity index (χ1v) is 20.2. The van der Waals surface area contributed by atoms with Crippen molar-refractivity contribution in [1.29, 1.82) is 0 Å². The minimum absolute atomic E-state index is 0.0422. The highest BCUT2D eigenvalue weighted by Gasteiger charge is 2.39. The Morgan fingerprint density at radius 1 is 1.03 bits per heavy atom. The number of para-hydroxylation sites is 1. The number of nitrogens with zero attached hydrogens (tertiary/aromatic N) is 8. The summed E-state index contributed by atoms with van der Waals surface area (Å²) in [6.07, 6.45) is 6.44. The highest BCUT2D eigenvalue weighted by molar-refractivity contribution is 6.08. The van der Waals surface area contributed by atoms with Crippen LogP contribution in [0.3, 0.4) is 0 Å². The Labute approximate surface area is 337 Å². The SMILES string of the molecule is CNc1ccn2ncc(C(=O)Nc3cn([C@H]4CC[C@H](CN5CCC(OCCCc6cccc7c6n(C)c(=O)n7C6CCC(=O)NC6=O)CC5)CC4)nc3C(F)(F)F)c2n1. The topological polar surface area (TPSA) is 175 Å². The van der Waals surface area contributed by atoms with Gasteiger partial charge in [0.2, 0.25) is 11.8 Å². The van der Waals surface area contributed by atoms with Gasteiger partial charge in [0.05, 0.1) is 35.1 Å². The lowest BCUT2D eigenvalue weighted by atomic mass is 9.85. The first-order valence-electron chi connectivity index (χ1n) is 20.2. The van der Waals surface area contributed by atoms with Crippen LogP contribution in [-0.4, -0.2) is 95.5 Å². The molecule has 16 nitrogen and oxygen atoms in total. The molecular formula is C40H48F3N11O5. The average molecular weight is 820 g/mol. The number of nitrogens with one attached hydrogen (secondary N) is 3. The average Bonchev–Trinajstić information content (AvgIpc) is 3.92. The van der Waals surface area contributed by atoms with Crippen LogP contribution in [0.4, 0.5) is 24.7 Å². The van der Waals surface area contributed by atoms with Crippen molar-refractivity contribution in [2.75, 3.05) is 43.9 Å². The minimum Gasteiger partial charge on any atom is -0.378 e. The third-order valence-corrected chi connectivity index (χ3v) is 12.0. The van der Waals surface area contributed by atoms with Gasteiger partial charge >= 0.3 is 11.9 Å². The van der Waals surface area contributed by atoms with Crippen LogP contribution in [0.15, 0.2) is 47.7 Å². The fourth-order valence-electron chi connectivity index (χ4n) is 8.92. The maximum atomic E-state index is 14.1. The van der Waals surface area contributed by atoms with Crippen LogP contribution in [-0.2, 0) is 34.0 Å². The molecule has 1 unspecified atom stereocenters. The van der Waals surface area contributed by atoms with Crippen molar-refractivity contribution in [2.45, 2.75) is 88.6 Å². The number of halogens is 3. The van der Waals surface area contributed by atoms with Gasteiger partial charge in [-0.1, -0.05) is 12.1 Å². The molecule has 5 aromatic rings. The summed E-state index contributed by atoms with van der Waals surface area (Å²) in [6.45, 7) is 3.33. The molecule has 0 spiro atoms. The van der Waals surface area contributed by atoms with Gasteiger partial charge in [0.15, 0.2) is 11.3 Å². The van der Waals surface area contributed by atoms with Gasteiger partial charge < -0.3 is 20.3 Å². The van der Waals surface area contributed by atoms with E-state index in [1.54, 1.807) is 30.9 Å². The van der Waals surface area contributed by atoms with Crippen molar-refractivity contribution in [3.63, 3.8) is 0 Å². The molecule has 3 amide bonds. The van der Waals surface area contributed by atoms with Crippen molar-refractivity contribution >= 4 is 45.9 Å². The van der Waals surface area contributed by atoms with Gasteiger partial charge in [-0.2, -0.15) is 23.4 Å². The number of hydrogen-bond acceptors (Lipinski definition) is 10. The maximum absolute atomic E-state index is 14.1. The molecule has 0 radical (unpaired) electrons. The van der Waals surface area contributed by atoms with Crippen molar-refractivity contribution < 1.29 is 32.3 Å². The van der Waals surface area contributed by atoms with E-state index in [-0.39, 0.29) is 47.8 Å². The summed E-state index contributed by atoms with van der Waals surface area (Å²) in [6, 6.07) is 6.46. The normalized spacial score (nSPS) is 21.0. The molecule has 1 aromatic carbocycles. The first-order chi connectivity index (χ1) is 28.4. The third kappa shape index (κ3) is 8.35. The zero-order valence-electron chi connectivity index (χ0n) is 33.0. The number of likely N-dealkylation sites (tertiary alicyclic amines) is 1. The second-order valence-corrected chi connectivity index (χ2v) is 15.8. The van der Waals surface area contributed by atoms with Gasteiger partial charge in [0.1, 0.15) is 17.4 Å². The van der Waals surface area contributed by atoms with E-state index < -0.39 is 35.4 Å².